The minimum absolute atomic E-state index is 0.0813. The van der Waals surface area contributed by atoms with Crippen molar-refractivity contribution in [1.29, 1.82) is 0 Å². The van der Waals surface area contributed by atoms with E-state index in [1.807, 2.05) is 13.0 Å². The van der Waals surface area contributed by atoms with E-state index < -0.39 is 16.4 Å². The fourth-order valence-corrected chi connectivity index (χ4v) is 5.15. The normalized spacial score (nSPS) is 21.0. The lowest BCUT2D eigenvalue weighted by Gasteiger charge is -2.30. The van der Waals surface area contributed by atoms with Crippen LogP contribution in [0.3, 0.4) is 0 Å². The largest absolute Gasteiger partial charge is 0.381 e. The summed E-state index contributed by atoms with van der Waals surface area (Å²) in [6, 6.07) is 5.45. The van der Waals surface area contributed by atoms with Crippen LogP contribution < -0.4 is 10.9 Å². The molecule has 0 amide bonds. The average molecular weight is 449 g/mol. The summed E-state index contributed by atoms with van der Waals surface area (Å²) in [4.78, 5) is 12.2. The van der Waals surface area contributed by atoms with Crippen molar-refractivity contribution in [3.63, 3.8) is 0 Å². The van der Waals surface area contributed by atoms with Crippen molar-refractivity contribution < 1.29 is 4.21 Å². The maximum absolute atomic E-state index is 12.2. The highest BCUT2D eigenvalue weighted by molar-refractivity contribution is 7.85. The van der Waals surface area contributed by atoms with Crippen LogP contribution in [-0.4, -0.2) is 31.0 Å². The minimum atomic E-state index is -0.776. The first kappa shape index (κ1) is 20.6. The lowest BCUT2D eigenvalue weighted by Crippen LogP contribution is -2.33. The Balaban J connectivity index is 1.79. The van der Waals surface area contributed by atoms with Gasteiger partial charge in [-0.25, -0.2) is 0 Å². The van der Waals surface area contributed by atoms with Crippen molar-refractivity contribution in [1.82, 2.24) is 9.78 Å². The van der Waals surface area contributed by atoms with Gasteiger partial charge in [0, 0.05) is 27.8 Å². The third-order valence-electron chi connectivity index (χ3n) is 4.72. The summed E-state index contributed by atoms with van der Waals surface area (Å²) in [7, 11) is -0.776. The quantitative estimate of drug-likeness (QED) is 0.721. The predicted molar refractivity (Wildman–Crippen MR) is 113 cm³/mol. The molecule has 1 aromatic heterocycles. The van der Waals surface area contributed by atoms with E-state index in [1.165, 1.54) is 6.20 Å². The second kappa shape index (κ2) is 8.95. The van der Waals surface area contributed by atoms with Crippen molar-refractivity contribution in [2.75, 3.05) is 11.1 Å². The molecule has 1 heterocycles. The topological polar surface area (TPSA) is 64.0 Å². The Morgan fingerprint density at radius 3 is 2.74 bits per heavy atom. The molecule has 0 aliphatic heterocycles. The average Bonchev–Trinajstić information content (AvgIpc) is 2.67. The third-order valence-corrected chi connectivity index (χ3v) is 7.52. The summed E-state index contributed by atoms with van der Waals surface area (Å²) in [5, 5.41) is 8.20. The highest BCUT2D eigenvalue weighted by Crippen LogP contribution is 2.30. The molecule has 27 heavy (non-hydrogen) atoms. The Morgan fingerprint density at radius 2 is 2.04 bits per heavy atom. The smallest absolute Gasteiger partial charge is 0.291 e. The van der Waals surface area contributed by atoms with Gasteiger partial charge < -0.3 is 5.32 Å². The molecular formula is C18H20Cl3N3O2S. The maximum atomic E-state index is 12.2. The molecule has 1 N–H and O–H groups in total. The molecule has 1 aliphatic rings. The van der Waals surface area contributed by atoms with Crippen molar-refractivity contribution >= 4 is 51.3 Å². The summed E-state index contributed by atoms with van der Waals surface area (Å²) in [5.41, 5.74) is 0.780. The maximum Gasteiger partial charge on any atom is 0.291 e. The third kappa shape index (κ3) is 4.67. The van der Waals surface area contributed by atoms with E-state index in [9.17, 15) is 9.00 Å². The van der Waals surface area contributed by atoms with Gasteiger partial charge in [-0.3, -0.25) is 9.00 Å². The molecule has 0 radical (unpaired) electrons. The van der Waals surface area contributed by atoms with Crippen LogP contribution in [0.15, 0.2) is 29.2 Å². The van der Waals surface area contributed by atoms with Gasteiger partial charge in [-0.15, -0.1) is 0 Å². The van der Waals surface area contributed by atoms with Crippen molar-refractivity contribution in [2.24, 2.45) is 0 Å². The summed E-state index contributed by atoms with van der Waals surface area (Å²) in [6.07, 6.45) is 5.26. The molecule has 1 aliphatic carbocycles. The molecule has 0 saturated heterocycles. The number of halogens is 3. The molecule has 0 bridgehead atoms. The number of nitrogens with one attached hydrogen (secondary N) is 1. The van der Waals surface area contributed by atoms with Gasteiger partial charge in [0.15, 0.2) is 0 Å². The SMILES string of the molecule is CCS(=O)C1CCCC(Nc2ccc(-n3ncc(Cl)c(Cl)c3=O)cc2Cl)C1. The summed E-state index contributed by atoms with van der Waals surface area (Å²) >= 11 is 18.1. The molecule has 3 atom stereocenters. The summed E-state index contributed by atoms with van der Waals surface area (Å²) in [5.74, 6) is 0.693. The van der Waals surface area contributed by atoms with Crippen LogP contribution in [0.5, 0.6) is 0 Å². The fourth-order valence-electron chi connectivity index (χ4n) is 3.32. The van der Waals surface area contributed by atoms with Crippen LogP contribution in [0.1, 0.15) is 32.6 Å². The van der Waals surface area contributed by atoms with Crippen LogP contribution in [-0.2, 0) is 10.8 Å². The highest BCUT2D eigenvalue weighted by atomic mass is 35.5. The monoisotopic (exact) mass is 447 g/mol. The van der Waals surface area contributed by atoms with E-state index in [4.69, 9.17) is 34.8 Å². The van der Waals surface area contributed by atoms with Crippen LogP contribution in [0, 0.1) is 0 Å². The first-order chi connectivity index (χ1) is 12.9. The van der Waals surface area contributed by atoms with E-state index in [1.54, 1.807) is 12.1 Å². The molecule has 9 heteroatoms. The molecule has 1 fully saturated rings. The van der Waals surface area contributed by atoms with Crippen LogP contribution in [0.2, 0.25) is 15.1 Å². The molecule has 3 unspecified atom stereocenters. The van der Waals surface area contributed by atoms with Gasteiger partial charge in [0.25, 0.3) is 5.56 Å². The van der Waals surface area contributed by atoms with Crippen LogP contribution in [0.4, 0.5) is 5.69 Å². The predicted octanol–water partition coefficient (Wildman–Crippen LogP) is 4.68. The molecule has 146 valence electrons. The highest BCUT2D eigenvalue weighted by Gasteiger charge is 2.25. The van der Waals surface area contributed by atoms with Crippen molar-refractivity contribution in [3.05, 3.63) is 49.8 Å². The number of hydrogen-bond donors (Lipinski definition) is 1. The van der Waals surface area contributed by atoms with E-state index >= 15 is 0 Å². The Morgan fingerprint density at radius 1 is 1.26 bits per heavy atom. The minimum Gasteiger partial charge on any atom is -0.381 e. The Labute approximate surface area is 175 Å². The van der Waals surface area contributed by atoms with Crippen LogP contribution in [0.25, 0.3) is 5.69 Å². The lowest BCUT2D eigenvalue weighted by molar-refractivity contribution is 0.465. The van der Waals surface area contributed by atoms with E-state index in [-0.39, 0.29) is 21.3 Å². The Hall–Kier alpha value is -1.08. The van der Waals surface area contributed by atoms with Gasteiger partial charge in [-0.1, -0.05) is 48.1 Å². The zero-order chi connectivity index (χ0) is 19.6. The molecule has 1 saturated carbocycles. The van der Waals surface area contributed by atoms with Gasteiger partial charge in [-0.05, 0) is 37.5 Å². The first-order valence-corrected chi connectivity index (χ1v) is 11.3. The number of hydrogen-bond acceptors (Lipinski definition) is 4. The summed E-state index contributed by atoms with van der Waals surface area (Å²) in [6.45, 7) is 1.96. The molecule has 0 spiro atoms. The molecule has 5 nitrogen and oxygen atoms in total. The standard InChI is InChI=1S/C18H20Cl3N3O2S/c1-2-27(26)13-5-3-4-11(8-13)23-16-7-6-12(9-14(16)19)24-18(25)17(21)15(20)10-22-24/h6-7,9-11,13,23H,2-5,8H2,1H3. The van der Waals surface area contributed by atoms with Gasteiger partial charge in [0.2, 0.25) is 0 Å². The molecule has 2 aromatic rings. The van der Waals surface area contributed by atoms with E-state index in [2.05, 4.69) is 10.4 Å². The zero-order valence-electron chi connectivity index (χ0n) is 14.8. The second-order valence-corrected chi connectivity index (χ2v) is 9.68. The molecule has 1 aromatic carbocycles. The van der Waals surface area contributed by atoms with Gasteiger partial charge >= 0.3 is 0 Å². The number of anilines is 1. The molecular weight excluding hydrogens is 429 g/mol. The molecule has 3 rings (SSSR count). The van der Waals surface area contributed by atoms with Gasteiger partial charge in [0.1, 0.15) is 5.02 Å². The van der Waals surface area contributed by atoms with Gasteiger partial charge in [0.05, 0.1) is 27.6 Å². The number of aromatic nitrogens is 2. The van der Waals surface area contributed by atoms with Crippen LogP contribution >= 0.6 is 34.8 Å². The van der Waals surface area contributed by atoms with E-state index in [0.29, 0.717) is 16.5 Å². The zero-order valence-corrected chi connectivity index (χ0v) is 17.8. The van der Waals surface area contributed by atoms with E-state index in [0.717, 1.165) is 36.1 Å². The van der Waals surface area contributed by atoms with Crippen molar-refractivity contribution in [3.8, 4) is 5.69 Å². The fraction of sp³-hybridized carbons (Fsp3) is 0.444. The number of nitrogens with zero attached hydrogens (tertiary/aromatic N) is 2. The lowest BCUT2D eigenvalue weighted by atomic mass is 9.94. The van der Waals surface area contributed by atoms with Gasteiger partial charge in [-0.2, -0.15) is 9.78 Å². The Kier molecular flexibility index (Phi) is 6.84. The summed E-state index contributed by atoms with van der Waals surface area (Å²) < 4.78 is 13.3. The Bertz CT molecular complexity index is 919. The van der Waals surface area contributed by atoms with Crippen molar-refractivity contribution in [2.45, 2.75) is 43.9 Å². The second-order valence-electron chi connectivity index (χ2n) is 6.49. The number of rotatable bonds is 5. The number of benzene rings is 1. The first-order valence-electron chi connectivity index (χ1n) is 8.77.